The summed E-state index contributed by atoms with van der Waals surface area (Å²) >= 11 is 9.03. The van der Waals surface area contributed by atoms with Crippen molar-refractivity contribution in [2.75, 3.05) is 11.9 Å². The SMILES string of the molecule is O=C(COC(=O)c1ccc(Cl)cc1)Nc1ccc(Br)cc1. The number of carbonyl (C=O) groups excluding carboxylic acids is 2. The normalized spacial score (nSPS) is 10.0. The third-order valence-corrected chi connectivity index (χ3v) is 3.32. The van der Waals surface area contributed by atoms with Crippen LogP contribution < -0.4 is 5.32 Å². The van der Waals surface area contributed by atoms with Crippen molar-refractivity contribution in [2.45, 2.75) is 0 Å². The van der Waals surface area contributed by atoms with E-state index in [4.69, 9.17) is 16.3 Å². The average molecular weight is 369 g/mol. The van der Waals surface area contributed by atoms with Gasteiger partial charge in [0, 0.05) is 15.2 Å². The van der Waals surface area contributed by atoms with Crippen LogP contribution in [-0.4, -0.2) is 18.5 Å². The van der Waals surface area contributed by atoms with Gasteiger partial charge in [-0.2, -0.15) is 0 Å². The zero-order valence-corrected chi connectivity index (χ0v) is 13.1. The molecule has 2 aromatic carbocycles. The first-order valence-electron chi connectivity index (χ1n) is 6.03. The molecule has 0 bridgehead atoms. The Kier molecular flexibility index (Phi) is 5.36. The van der Waals surface area contributed by atoms with Crippen LogP contribution in [0.25, 0.3) is 0 Å². The number of amides is 1. The highest BCUT2D eigenvalue weighted by Crippen LogP contribution is 2.14. The van der Waals surface area contributed by atoms with E-state index in [1.54, 1.807) is 36.4 Å². The molecule has 0 saturated heterocycles. The van der Waals surface area contributed by atoms with Crippen molar-refractivity contribution in [3.05, 3.63) is 63.6 Å². The monoisotopic (exact) mass is 367 g/mol. The van der Waals surface area contributed by atoms with Crippen molar-refractivity contribution in [1.82, 2.24) is 0 Å². The molecular formula is C15H11BrClNO3. The van der Waals surface area contributed by atoms with Gasteiger partial charge in [0.05, 0.1) is 5.56 Å². The first-order chi connectivity index (χ1) is 10.0. The smallest absolute Gasteiger partial charge is 0.338 e. The summed E-state index contributed by atoms with van der Waals surface area (Å²) in [6, 6.07) is 13.3. The molecule has 1 N–H and O–H groups in total. The fourth-order valence-corrected chi connectivity index (χ4v) is 1.92. The van der Waals surface area contributed by atoms with Gasteiger partial charge in [-0.1, -0.05) is 27.5 Å². The Morgan fingerprint density at radius 2 is 1.67 bits per heavy atom. The van der Waals surface area contributed by atoms with Crippen LogP contribution in [0.15, 0.2) is 53.0 Å². The van der Waals surface area contributed by atoms with E-state index in [1.807, 2.05) is 0 Å². The quantitative estimate of drug-likeness (QED) is 0.833. The Balaban J connectivity index is 1.84. The molecule has 0 aliphatic rings. The standard InChI is InChI=1S/C15H11BrClNO3/c16-11-3-7-13(8-4-11)18-14(19)9-21-15(20)10-1-5-12(17)6-2-10/h1-8H,9H2,(H,18,19). The third kappa shape index (κ3) is 4.88. The molecule has 0 atom stereocenters. The molecule has 0 radical (unpaired) electrons. The number of hydrogen-bond acceptors (Lipinski definition) is 3. The van der Waals surface area contributed by atoms with Crippen molar-refractivity contribution in [1.29, 1.82) is 0 Å². The lowest BCUT2D eigenvalue weighted by Gasteiger charge is -2.06. The van der Waals surface area contributed by atoms with E-state index in [1.165, 1.54) is 12.1 Å². The summed E-state index contributed by atoms with van der Waals surface area (Å²) in [6.45, 7) is -0.350. The Hall–Kier alpha value is -1.85. The van der Waals surface area contributed by atoms with Crippen molar-refractivity contribution < 1.29 is 14.3 Å². The van der Waals surface area contributed by atoms with E-state index >= 15 is 0 Å². The van der Waals surface area contributed by atoms with Crippen molar-refractivity contribution in [3.8, 4) is 0 Å². The van der Waals surface area contributed by atoms with E-state index in [0.29, 0.717) is 16.3 Å². The number of benzene rings is 2. The maximum absolute atomic E-state index is 11.7. The number of hydrogen-bond donors (Lipinski definition) is 1. The average Bonchev–Trinajstić information content (AvgIpc) is 2.48. The molecule has 0 aromatic heterocycles. The molecule has 4 nitrogen and oxygen atoms in total. The minimum absolute atomic E-state index is 0.343. The second kappa shape index (κ2) is 7.24. The molecule has 0 saturated carbocycles. The van der Waals surface area contributed by atoms with E-state index < -0.39 is 11.9 Å². The van der Waals surface area contributed by atoms with Crippen molar-refractivity contribution >= 4 is 45.1 Å². The Morgan fingerprint density at radius 1 is 1.05 bits per heavy atom. The van der Waals surface area contributed by atoms with Crippen LogP contribution >= 0.6 is 27.5 Å². The molecule has 0 aliphatic carbocycles. The lowest BCUT2D eigenvalue weighted by atomic mass is 10.2. The molecule has 6 heteroatoms. The number of anilines is 1. The Morgan fingerprint density at radius 3 is 2.29 bits per heavy atom. The van der Waals surface area contributed by atoms with Crippen LogP contribution in [0.1, 0.15) is 10.4 Å². The van der Waals surface area contributed by atoms with Crippen LogP contribution in [0.5, 0.6) is 0 Å². The molecule has 1 amide bonds. The summed E-state index contributed by atoms with van der Waals surface area (Å²) in [7, 11) is 0. The largest absolute Gasteiger partial charge is 0.452 e. The van der Waals surface area contributed by atoms with Gasteiger partial charge in [-0.25, -0.2) is 4.79 Å². The molecule has 108 valence electrons. The van der Waals surface area contributed by atoms with Crippen molar-refractivity contribution in [3.63, 3.8) is 0 Å². The predicted molar refractivity (Wildman–Crippen MR) is 84.5 cm³/mol. The second-order valence-corrected chi connectivity index (χ2v) is 5.49. The van der Waals surface area contributed by atoms with Crippen LogP contribution in [-0.2, 0) is 9.53 Å². The number of ether oxygens (including phenoxy) is 1. The fourth-order valence-electron chi connectivity index (χ4n) is 1.53. The molecule has 0 fully saturated rings. The number of halogens is 2. The second-order valence-electron chi connectivity index (χ2n) is 4.14. The number of nitrogens with one attached hydrogen (secondary N) is 1. The number of rotatable bonds is 4. The summed E-state index contributed by atoms with van der Waals surface area (Å²) in [5.74, 6) is -0.975. The van der Waals surface area contributed by atoms with Gasteiger partial charge in [0.2, 0.25) is 0 Å². The maximum atomic E-state index is 11.7. The molecule has 0 aliphatic heterocycles. The minimum atomic E-state index is -0.572. The van der Waals surface area contributed by atoms with E-state index in [0.717, 1.165) is 4.47 Å². The summed E-state index contributed by atoms with van der Waals surface area (Å²) in [6.07, 6.45) is 0. The van der Waals surface area contributed by atoms with Gasteiger partial charge in [-0.3, -0.25) is 4.79 Å². The summed E-state index contributed by atoms with van der Waals surface area (Å²) in [4.78, 5) is 23.4. The van der Waals surface area contributed by atoms with Gasteiger partial charge in [0.25, 0.3) is 5.91 Å². The first-order valence-corrected chi connectivity index (χ1v) is 7.20. The Bertz CT molecular complexity index is 641. The summed E-state index contributed by atoms with van der Waals surface area (Å²) in [5, 5.41) is 3.15. The molecule has 21 heavy (non-hydrogen) atoms. The van der Waals surface area contributed by atoms with Gasteiger partial charge in [-0.15, -0.1) is 0 Å². The van der Waals surface area contributed by atoms with E-state index in [-0.39, 0.29) is 6.61 Å². The predicted octanol–water partition coefficient (Wildman–Crippen LogP) is 3.90. The maximum Gasteiger partial charge on any atom is 0.338 e. The molecule has 0 heterocycles. The van der Waals surface area contributed by atoms with Gasteiger partial charge < -0.3 is 10.1 Å². The van der Waals surface area contributed by atoms with Crippen LogP contribution in [0.3, 0.4) is 0 Å². The molecule has 2 aromatic rings. The molecule has 2 rings (SSSR count). The molecule has 0 unspecified atom stereocenters. The zero-order valence-electron chi connectivity index (χ0n) is 10.8. The van der Waals surface area contributed by atoms with Crippen LogP contribution in [0, 0.1) is 0 Å². The Labute approximate surface area is 135 Å². The lowest BCUT2D eigenvalue weighted by Crippen LogP contribution is -2.20. The van der Waals surface area contributed by atoms with Gasteiger partial charge in [0.15, 0.2) is 6.61 Å². The summed E-state index contributed by atoms with van der Waals surface area (Å²) < 4.78 is 5.83. The molecule has 0 spiro atoms. The highest BCUT2D eigenvalue weighted by Gasteiger charge is 2.10. The highest BCUT2D eigenvalue weighted by atomic mass is 79.9. The lowest BCUT2D eigenvalue weighted by molar-refractivity contribution is -0.119. The van der Waals surface area contributed by atoms with Gasteiger partial charge in [-0.05, 0) is 48.5 Å². The van der Waals surface area contributed by atoms with Crippen LogP contribution in [0.2, 0.25) is 5.02 Å². The number of carbonyl (C=O) groups is 2. The fraction of sp³-hybridized carbons (Fsp3) is 0.0667. The van der Waals surface area contributed by atoms with E-state index in [2.05, 4.69) is 21.2 Å². The van der Waals surface area contributed by atoms with Crippen LogP contribution in [0.4, 0.5) is 5.69 Å². The van der Waals surface area contributed by atoms with Gasteiger partial charge >= 0.3 is 5.97 Å². The van der Waals surface area contributed by atoms with Crippen molar-refractivity contribution in [2.24, 2.45) is 0 Å². The number of esters is 1. The topological polar surface area (TPSA) is 55.4 Å². The van der Waals surface area contributed by atoms with E-state index in [9.17, 15) is 9.59 Å². The first kappa shape index (κ1) is 15.5. The van der Waals surface area contributed by atoms with Gasteiger partial charge in [0.1, 0.15) is 0 Å². The minimum Gasteiger partial charge on any atom is -0.452 e. The highest BCUT2D eigenvalue weighted by molar-refractivity contribution is 9.10. The summed E-state index contributed by atoms with van der Waals surface area (Å²) in [5.41, 5.74) is 0.974. The third-order valence-electron chi connectivity index (χ3n) is 2.54. The molecular weight excluding hydrogens is 358 g/mol. The zero-order chi connectivity index (χ0) is 15.2.